The summed E-state index contributed by atoms with van der Waals surface area (Å²) in [6, 6.07) is 1.83. The van der Waals surface area contributed by atoms with E-state index in [1.54, 1.807) is 29.2 Å². The zero-order valence-electron chi connectivity index (χ0n) is 31.1. The van der Waals surface area contributed by atoms with E-state index < -0.39 is 41.4 Å². The number of nitrogens with zero attached hydrogens (tertiary/aromatic N) is 2. The fourth-order valence-electron chi connectivity index (χ4n) is 7.16. The van der Waals surface area contributed by atoms with Crippen LogP contribution < -0.4 is 21.3 Å². The Hall–Kier alpha value is -4.02. The van der Waals surface area contributed by atoms with Gasteiger partial charge in [-0.2, -0.15) is 0 Å². The summed E-state index contributed by atoms with van der Waals surface area (Å²) in [5, 5.41) is 11.8. The molecule has 276 valence electrons. The van der Waals surface area contributed by atoms with Crippen LogP contribution in [0.3, 0.4) is 0 Å². The van der Waals surface area contributed by atoms with Gasteiger partial charge in [-0.1, -0.05) is 92.4 Å². The standard InChI is InChI=1S/C39H60N6O5/c1-9-11-19-29(26(5)34(46)41-22-10-2)42-37(49)32-28(25(3)4)21-24-45(32)38(50)33(39(6,7)8)44-36(48)31(27-17-13-12-14-18-27)43-35(47)30-20-15-16-23-40-30/h10,15-16,20,23,25,27-29,31-33H,2,5,9,11-14,17-19,21-22,24H2,1,3-4,6-8H3,(H,41,46)(H,42,49)(H,43,47)(H,44,48)/t28-,29?,31+,32+,33-/m1/s1. The van der Waals surface area contributed by atoms with Crippen molar-refractivity contribution in [2.75, 3.05) is 13.1 Å². The van der Waals surface area contributed by atoms with Crippen LogP contribution in [0.15, 0.2) is 49.2 Å². The summed E-state index contributed by atoms with van der Waals surface area (Å²) in [7, 11) is 0. The van der Waals surface area contributed by atoms with E-state index in [-0.39, 0.29) is 53.3 Å². The maximum Gasteiger partial charge on any atom is 0.270 e. The molecule has 1 aromatic heterocycles. The maximum absolute atomic E-state index is 14.6. The number of likely N-dealkylation sites (tertiary alicyclic amines) is 1. The maximum atomic E-state index is 14.6. The van der Waals surface area contributed by atoms with Crippen molar-refractivity contribution in [3.05, 3.63) is 54.9 Å². The Kier molecular flexibility index (Phi) is 15.2. The highest BCUT2D eigenvalue weighted by Gasteiger charge is 2.48. The van der Waals surface area contributed by atoms with Crippen molar-refractivity contribution < 1.29 is 24.0 Å². The molecule has 1 saturated heterocycles. The highest BCUT2D eigenvalue weighted by atomic mass is 16.2. The largest absolute Gasteiger partial charge is 0.349 e. The zero-order chi connectivity index (χ0) is 37.0. The summed E-state index contributed by atoms with van der Waals surface area (Å²) in [5.41, 5.74) is -0.243. The van der Waals surface area contributed by atoms with Crippen LogP contribution >= 0.6 is 0 Å². The van der Waals surface area contributed by atoms with E-state index in [2.05, 4.69) is 39.4 Å². The monoisotopic (exact) mass is 692 g/mol. The van der Waals surface area contributed by atoms with Crippen molar-refractivity contribution >= 4 is 29.5 Å². The number of hydrogen-bond donors (Lipinski definition) is 4. The number of amides is 5. The Balaban J connectivity index is 1.89. The summed E-state index contributed by atoms with van der Waals surface area (Å²) in [6.45, 7) is 20.1. The number of rotatable bonds is 16. The molecular formula is C39H60N6O5. The van der Waals surface area contributed by atoms with Crippen LogP contribution in [0.1, 0.15) is 110 Å². The van der Waals surface area contributed by atoms with E-state index in [1.807, 2.05) is 41.5 Å². The first-order valence-corrected chi connectivity index (χ1v) is 18.4. The molecule has 1 aromatic rings. The first-order chi connectivity index (χ1) is 23.7. The molecule has 4 N–H and O–H groups in total. The van der Waals surface area contributed by atoms with Crippen LogP contribution in [0.25, 0.3) is 0 Å². The van der Waals surface area contributed by atoms with Gasteiger partial charge in [0.15, 0.2) is 0 Å². The minimum atomic E-state index is -0.968. The summed E-state index contributed by atoms with van der Waals surface area (Å²) in [4.78, 5) is 74.8. The SMILES string of the molecule is C=CCNC(=O)C(=C)C(CCCC)NC(=O)[C@@H]1[C@@H](C(C)C)CCN1C(=O)[C@@H](NC(=O)[C@@H](NC(=O)c1ccccn1)C1CCCCC1)C(C)(C)C. The molecule has 2 fully saturated rings. The third kappa shape index (κ3) is 10.7. The molecule has 5 amide bonds. The first-order valence-electron chi connectivity index (χ1n) is 18.4. The van der Waals surface area contributed by atoms with Crippen molar-refractivity contribution in [1.82, 2.24) is 31.2 Å². The molecular weight excluding hydrogens is 632 g/mol. The highest BCUT2D eigenvalue weighted by Crippen LogP contribution is 2.34. The minimum Gasteiger partial charge on any atom is -0.349 e. The van der Waals surface area contributed by atoms with Gasteiger partial charge in [-0.05, 0) is 61.0 Å². The lowest BCUT2D eigenvalue weighted by Crippen LogP contribution is -2.62. The molecule has 1 aliphatic heterocycles. The molecule has 2 heterocycles. The van der Waals surface area contributed by atoms with Crippen LogP contribution in [0.5, 0.6) is 0 Å². The summed E-state index contributed by atoms with van der Waals surface area (Å²) >= 11 is 0. The number of carbonyl (C=O) groups excluding carboxylic acids is 5. The molecule has 0 radical (unpaired) electrons. The highest BCUT2D eigenvalue weighted by molar-refractivity contribution is 5.99. The van der Waals surface area contributed by atoms with Gasteiger partial charge in [0.25, 0.3) is 5.91 Å². The molecule has 1 unspecified atom stereocenters. The number of carbonyl (C=O) groups is 5. The number of unbranched alkanes of at least 4 members (excludes halogenated alkanes) is 1. The van der Waals surface area contributed by atoms with Gasteiger partial charge in [0.05, 0.1) is 6.04 Å². The van der Waals surface area contributed by atoms with Gasteiger partial charge in [-0.3, -0.25) is 29.0 Å². The number of pyridine rings is 1. The van der Waals surface area contributed by atoms with E-state index in [9.17, 15) is 24.0 Å². The molecule has 0 aromatic carbocycles. The lowest BCUT2D eigenvalue weighted by molar-refractivity contribution is -0.145. The lowest BCUT2D eigenvalue weighted by Gasteiger charge is -2.38. The van der Waals surface area contributed by atoms with Gasteiger partial charge in [0.1, 0.15) is 23.8 Å². The molecule has 0 spiro atoms. The summed E-state index contributed by atoms with van der Waals surface area (Å²) in [5.74, 6) is -2.02. The van der Waals surface area contributed by atoms with Crippen molar-refractivity contribution in [2.24, 2.45) is 23.2 Å². The number of aromatic nitrogens is 1. The molecule has 2 aliphatic rings. The van der Waals surface area contributed by atoms with E-state index in [4.69, 9.17) is 0 Å². The van der Waals surface area contributed by atoms with E-state index in [0.29, 0.717) is 19.4 Å². The van der Waals surface area contributed by atoms with Crippen LogP contribution in [-0.4, -0.2) is 76.7 Å². The Morgan fingerprint density at radius 2 is 1.72 bits per heavy atom. The van der Waals surface area contributed by atoms with Crippen LogP contribution in [0.2, 0.25) is 0 Å². The van der Waals surface area contributed by atoms with Crippen molar-refractivity contribution in [3.63, 3.8) is 0 Å². The predicted molar refractivity (Wildman–Crippen MR) is 196 cm³/mol. The lowest BCUT2D eigenvalue weighted by atomic mass is 9.82. The summed E-state index contributed by atoms with van der Waals surface area (Å²) in [6.07, 6.45) is 10.5. The minimum absolute atomic E-state index is 0.0837. The first kappa shape index (κ1) is 40.4. The molecule has 0 bridgehead atoms. The van der Waals surface area contributed by atoms with Gasteiger partial charge in [0, 0.05) is 24.9 Å². The average molecular weight is 693 g/mol. The smallest absolute Gasteiger partial charge is 0.270 e. The topological polar surface area (TPSA) is 150 Å². The zero-order valence-corrected chi connectivity index (χ0v) is 31.1. The van der Waals surface area contributed by atoms with Gasteiger partial charge in [-0.15, -0.1) is 6.58 Å². The van der Waals surface area contributed by atoms with Crippen molar-refractivity contribution in [3.8, 4) is 0 Å². The summed E-state index contributed by atoms with van der Waals surface area (Å²) < 4.78 is 0. The number of nitrogens with one attached hydrogen (secondary N) is 4. The van der Waals surface area contributed by atoms with Crippen LogP contribution in [0, 0.1) is 23.2 Å². The molecule has 11 heteroatoms. The van der Waals surface area contributed by atoms with Gasteiger partial charge < -0.3 is 26.2 Å². The van der Waals surface area contributed by atoms with Gasteiger partial charge in [0.2, 0.25) is 23.6 Å². The Morgan fingerprint density at radius 1 is 1.02 bits per heavy atom. The quantitative estimate of drug-likeness (QED) is 0.146. The molecule has 50 heavy (non-hydrogen) atoms. The van der Waals surface area contributed by atoms with Crippen molar-refractivity contribution in [1.29, 1.82) is 0 Å². The fraction of sp³-hybridized carbons (Fsp3) is 0.641. The molecule has 5 atom stereocenters. The van der Waals surface area contributed by atoms with Crippen LogP contribution in [-0.2, 0) is 19.2 Å². The Bertz CT molecular complexity index is 1350. The fourth-order valence-corrected chi connectivity index (χ4v) is 7.16. The predicted octanol–water partition coefficient (Wildman–Crippen LogP) is 4.70. The second-order valence-electron chi connectivity index (χ2n) is 15.3. The normalized spacial score (nSPS) is 19.9. The molecule has 1 aliphatic carbocycles. The van der Waals surface area contributed by atoms with E-state index in [1.165, 1.54) is 6.20 Å². The average Bonchev–Trinajstić information content (AvgIpc) is 3.56. The molecule has 3 rings (SSSR count). The van der Waals surface area contributed by atoms with Gasteiger partial charge >= 0.3 is 0 Å². The third-order valence-corrected chi connectivity index (χ3v) is 10.1. The van der Waals surface area contributed by atoms with Gasteiger partial charge in [-0.25, -0.2) is 0 Å². The Labute approximate surface area is 298 Å². The van der Waals surface area contributed by atoms with Crippen molar-refractivity contribution in [2.45, 2.75) is 123 Å². The molecule has 1 saturated carbocycles. The number of hydrogen-bond acceptors (Lipinski definition) is 6. The second-order valence-corrected chi connectivity index (χ2v) is 15.3. The van der Waals surface area contributed by atoms with Crippen LogP contribution in [0.4, 0.5) is 0 Å². The third-order valence-electron chi connectivity index (χ3n) is 10.1. The Morgan fingerprint density at radius 3 is 2.30 bits per heavy atom. The second kappa shape index (κ2) is 18.8. The molecule has 11 nitrogen and oxygen atoms in total. The van der Waals surface area contributed by atoms with E-state index >= 15 is 0 Å². The van der Waals surface area contributed by atoms with E-state index in [0.717, 1.165) is 44.9 Å².